The lowest BCUT2D eigenvalue weighted by atomic mass is 9.99. The Morgan fingerprint density at radius 3 is 2.54 bits per heavy atom. The quantitative estimate of drug-likeness (QED) is 0.734. The summed E-state index contributed by atoms with van der Waals surface area (Å²) < 4.78 is 0. The molecule has 2 aliphatic rings. The molecular weight excluding hydrogens is 184 g/mol. The van der Waals surface area contributed by atoms with E-state index in [9.17, 15) is 0 Å². The fraction of sp³-hybridized carbons (Fsp3) is 1.00. The predicted molar refractivity (Wildman–Crippen MR) is 58.5 cm³/mol. The molecule has 2 saturated heterocycles. The highest BCUT2D eigenvalue weighted by Crippen LogP contribution is 2.15. The van der Waals surface area contributed by atoms with Crippen LogP contribution in [0.1, 0.15) is 25.7 Å². The molecule has 0 aliphatic carbocycles. The van der Waals surface area contributed by atoms with Gasteiger partial charge in [-0.2, -0.15) is 0 Å². The third-order valence-corrected chi connectivity index (χ3v) is 3.11. The lowest BCUT2D eigenvalue weighted by molar-refractivity contribution is 0.244. The number of halogens is 1. The molecule has 0 aromatic heterocycles. The molecule has 2 nitrogen and oxygen atoms in total. The van der Waals surface area contributed by atoms with Gasteiger partial charge in [-0.05, 0) is 57.8 Å². The van der Waals surface area contributed by atoms with Crippen molar-refractivity contribution in [3.05, 3.63) is 0 Å². The molecule has 0 amide bonds. The molecular formula is C10H21ClN2. The van der Waals surface area contributed by atoms with Crippen LogP contribution < -0.4 is 5.32 Å². The van der Waals surface area contributed by atoms with Crippen molar-refractivity contribution in [2.45, 2.75) is 25.7 Å². The van der Waals surface area contributed by atoms with Crippen LogP contribution in [0.2, 0.25) is 0 Å². The summed E-state index contributed by atoms with van der Waals surface area (Å²) in [6.07, 6.45) is 5.70. The highest BCUT2D eigenvalue weighted by Gasteiger charge is 2.18. The maximum Gasteiger partial charge on any atom is 0.00218 e. The van der Waals surface area contributed by atoms with E-state index < -0.39 is 0 Å². The van der Waals surface area contributed by atoms with Crippen molar-refractivity contribution in [2.24, 2.45) is 5.92 Å². The summed E-state index contributed by atoms with van der Waals surface area (Å²) in [6.45, 7) is 6.58. The smallest absolute Gasteiger partial charge is 0.00218 e. The number of rotatable bonds is 2. The van der Waals surface area contributed by atoms with Gasteiger partial charge in [-0.1, -0.05) is 0 Å². The molecule has 2 aliphatic heterocycles. The van der Waals surface area contributed by atoms with Crippen LogP contribution >= 0.6 is 12.4 Å². The van der Waals surface area contributed by atoms with Crippen LogP contribution in [0.5, 0.6) is 0 Å². The number of hydrogen-bond donors (Lipinski definition) is 1. The van der Waals surface area contributed by atoms with E-state index in [1.807, 2.05) is 0 Å². The minimum Gasteiger partial charge on any atom is -0.316 e. The highest BCUT2D eigenvalue weighted by atomic mass is 35.5. The number of nitrogens with zero attached hydrogens (tertiary/aromatic N) is 1. The van der Waals surface area contributed by atoms with Crippen molar-refractivity contribution in [1.82, 2.24) is 10.2 Å². The molecule has 0 bridgehead atoms. The third-order valence-electron chi connectivity index (χ3n) is 3.11. The molecule has 0 saturated carbocycles. The molecule has 0 aromatic rings. The second kappa shape index (κ2) is 5.84. The van der Waals surface area contributed by atoms with Crippen molar-refractivity contribution >= 4 is 12.4 Å². The maximum atomic E-state index is 3.48. The first-order chi connectivity index (χ1) is 5.95. The van der Waals surface area contributed by atoms with Gasteiger partial charge in [0.25, 0.3) is 0 Å². The first kappa shape index (κ1) is 11.3. The Kier molecular flexibility index (Phi) is 5.07. The Balaban J connectivity index is 0.000000845. The van der Waals surface area contributed by atoms with Gasteiger partial charge in [0.15, 0.2) is 0 Å². The van der Waals surface area contributed by atoms with Crippen LogP contribution in [0.25, 0.3) is 0 Å². The Bertz CT molecular complexity index is 129. The molecule has 13 heavy (non-hydrogen) atoms. The number of hydrogen-bond acceptors (Lipinski definition) is 2. The maximum absolute atomic E-state index is 3.48. The second-order valence-corrected chi connectivity index (χ2v) is 4.22. The molecule has 1 N–H and O–H groups in total. The van der Waals surface area contributed by atoms with Gasteiger partial charge in [0.05, 0.1) is 0 Å². The number of likely N-dealkylation sites (tertiary alicyclic amines) is 1. The average Bonchev–Trinajstić information content (AvgIpc) is 2.59. The Hall–Kier alpha value is 0.210. The molecule has 2 heterocycles. The van der Waals surface area contributed by atoms with E-state index in [1.54, 1.807) is 0 Å². The van der Waals surface area contributed by atoms with Crippen molar-refractivity contribution in [1.29, 1.82) is 0 Å². The lowest BCUT2D eigenvalue weighted by Crippen LogP contribution is -2.37. The molecule has 2 fully saturated rings. The normalized spacial score (nSPS) is 30.0. The van der Waals surface area contributed by atoms with Gasteiger partial charge >= 0.3 is 0 Å². The Morgan fingerprint density at radius 2 is 1.92 bits per heavy atom. The van der Waals surface area contributed by atoms with Crippen molar-refractivity contribution < 1.29 is 0 Å². The second-order valence-electron chi connectivity index (χ2n) is 4.22. The molecule has 0 radical (unpaired) electrons. The van der Waals surface area contributed by atoms with E-state index in [4.69, 9.17) is 0 Å². The summed E-state index contributed by atoms with van der Waals surface area (Å²) in [5.74, 6) is 0.942. The first-order valence-electron chi connectivity index (χ1n) is 5.38. The van der Waals surface area contributed by atoms with E-state index >= 15 is 0 Å². The molecule has 0 aromatic carbocycles. The van der Waals surface area contributed by atoms with E-state index in [-0.39, 0.29) is 12.4 Å². The van der Waals surface area contributed by atoms with Crippen LogP contribution in [0, 0.1) is 5.92 Å². The third kappa shape index (κ3) is 3.45. The number of piperidine rings is 1. The standard InChI is InChI=1S/C10H20N2.ClH/c1-2-7-12(6-1)9-10-4-3-5-11-8-10;/h10-11H,1-9H2;1H/t10-;/m1./s1. The zero-order valence-corrected chi connectivity index (χ0v) is 9.11. The highest BCUT2D eigenvalue weighted by molar-refractivity contribution is 5.85. The van der Waals surface area contributed by atoms with Gasteiger partial charge < -0.3 is 10.2 Å². The summed E-state index contributed by atoms with van der Waals surface area (Å²) in [7, 11) is 0. The zero-order valence-electron chi connectivity index (χ0n) is 8.30. The van der Waals surface area contributed by atoms with Gasteiger partial charge in [0.2, 0.25) is 0 Å². The van der Waals surface area contributed by atoms with Gasteiger partial charge in [0, 0.05) is 6.54 Å². The molecule has 78 valence electrons. The molecule has 3 heteroatoms. The molecule has 0 unspecified atom stereocenters. The van der Waals surface area contributed by atoms with E-state index in [0.717, 1.165) is 5.92 Å². The predicted octanol–water partition coefficient (Wildman–Crippen LogP) is 1.50. The van der Waals surface area contributed by atoms with Gasteiger partial charge in [-0.25, -0.2) is 0 Å². The summed E-state index contributed by atoms with van der Waals surface area (Å²) in [5.41, 5.74) is 0. The summed E-state index contributed by atoms with van der Waals surface area (Å²) in [6, 6.07) is 0. The zero-order chi connectivity index (χ0) is 8.23. The van der Waals surface area contributed by atoms with Gasteiger partial charge in [-0.15, -0.1) is 12.4 Å². The largest absolute Gasteiger partial charge is 0.316 e. The van der Waals surface area contributed by atoms with Crippen molar-refractivity contribution in [3.8, 4) is 0 Å². The SMILES string of the molecule is C1CNC[C@H](CN2CCCC2)C1.Cl. The minimum absolute atomic E-state index is 0. The fourth-order valence-corrected chi connectivity index (χ4v) is 2.41. The molecule has 2 rings (SSSR count). The van der Waals surface area contributed by atoms with Crippen LogP contribution in [0.4, 0.5) is 0 Å². The van der Waals surface area contributed by atoms with Crippen LogP contribution in [-0.4, -0.2) is 37.6 Å². The first-order valence-corrected chi connectivity index (χ1v) is 5.38. The van der Waals surface area contributed by atoms with E-state index in [2.05, 4.69) is 10.2 Å². The van der Waals surface area contributed by atoms with Gasteiger partial charge in [-0.3, -0.25) is 0 Å². The topological polar surface area (TPSA) is 15.3 Å². The lowest BCUT2D eigenvalue weighted by Gasteiger charge is -2.27. The van der Waals surface area contributed by atoms with Crippen molar-refractivity contribution in [3.63, 3.8) is 0 Å². The minimum atomic E-state index is 0. The van der Waals surface area contributed by atoms with Gasteiger partial charge in [0.1, 0.15) is 0 Å². The Labute approximate surface area is 87.5 Å². The van der Waals surface area contributed by atoms with Crippen LogP contribution in [0.3, 0.4) is 0 Å². The van der Waals surface area contributed by atoms with Crippen LogP contribution in [0.15, 0.2) is 0 Å². The van der Waals surface area contributed by atoms with E-state index in [0.29, 0.717) is 0 Å². The summed E-state index contributed by atoms with van der Waals surface area (Å²) in [4.78, 5) is 2.64. The average molecular weight is 205 g/mol. The van der Waals surface area contributed by atoms with Crippen molar-refractivity contribution in [2.75, 3.05) is 32.7 Å². The van der Waals surface area contributed by atoms with Crippen LogP contribution in [-0.2, 0) is 0 Å². The fourth-order valence-electron chi connectivity index (χ4n) is 2.41. The number of nitrogens with one attached hydrogen (secondary N) is 1. The monoisotopic (exact) mass is 204 g/mol. The molecule has 0 spiro atoms. The van der Waals surface area contributed by atoms with E-state index in [1.165, 1.54) is 58.4 Å². The summed E-state index contributed by atoms with van der Waals surface area (Å²) >= 11 is 0. The molecule has 1 atom stereocenters. The Morgan fingerprint density at radius 1 is 1.15 bits per heavy atom. The summed E-state index contributed by atoms with van der Waals surface area (Å²) in [5, 5.41) is 3.48.